The third-order valence-electron chi connectivity index (χ3n) is 5.07. The molecule has 2 aromatic rings. The van der Waals surface area contributed by atoms with Gasteiger partial charge in [-0.3, -0.25) is 4.79 Å². The number of hydrogen-bond acceptors (Lipinski definition) is 6. The van der Waals surface area contributed by atoms with Crippen molar-refractivity contribution in [3.05, 3.63) is 58.9 Å². The van der Waals surface area contributed by atoms with E-state index in [9.17, 15) is 14.0 Å². The average molecular weight is 440 g/mol. The highest BCUT2D eigenvalue weighted by atomic mass is 19.1. The Bertz CT molecular complexity index is 1010. The minimum Gasteiger partial charge on any atom is -0.490 e. The third-order valence-corrected chi connectivity index (χ3v) is 5.07. The zero-order chi connectivity index (χ0) is 22.9. The summed E-state index contributed by atoms with van der Waals surface area (Å²) in [5.41, 5.74) is 0.579. The van der Waals surface area contributed by atoms with Gasteiger partial charge in [-0.1, -0.05) is 0 Å². The van der Waals surface area contributed by atoms with E-state index in [0.717, 1.165) is 38.4 Å². The van der Waals surface area contributed by atoms with Crippen molar-refractivity contribution in [1.82, 2.24) is 4.90 Å². The van der Waals surface area contributed by atoms with E-state index in [4.69, 9.17) is 19.5 Å². The number of ether oxygens (including phenoxy) is 3. The standard InChI is InChI=1S/C24H25FN2O5/c1-2-30-22-13-18(24(29)32-15-19-12-17(14-26)6-8-20(19)25)7-9-21(22)31-16-23(28)27-10-4-3-5-11-27/h6-9,12-13H,2-5,10-11,15-16H2,1H3. The number of hydrogen-bond donors (Lipinski definition) is 0. The summed E-state index contributed by atoms with van der Waals surface area (Å²) in [4.78, 5) is 26.6. The summed E-state index contributed by atoms with van der Waals surface area (Å²) in [6.07, 6.45) is 3.13. The molecule has 8 heteroatoms. The first-order valence-electron chi connectivity index (χ1n) is 10.5. The highest BCUT2D eigenvalue weighted by molar-refractivity contribution is 5.90. The van der Waals surface area contributed by atoms with E-state index >= 15 is 0 Å². The highest BCUT2D eigenvalue weighted by Crippen LogP contribution is 2.29. The fourth-order valence-corrected chi connectivity index (χ4v) is 3.38. The van der Waals surface area contributed by atoms with Crippen LogP contribution in [0.15, 0.2) is 36.4 Å². The SMILES string of the molecule is CCOc1cc(C(=O)OCc2cc(C#N)ccc2F)ccc1OCC(=O)N1CCCCC1. The zero-order valence-electron chi connectivity index (χ0n) is 17.9. The van der Waals surface area contributed by atoms with Gasteiger partial charge in [-0.2, -0.15) is 5.26 Å². The molecule has 7 nitrogen and oxygen atoms in total. The molecule has 0 unspecified atom stereocenters. The second-order valence-electron chi connectivity index (χ2n) is 7.32. The predicted octanol–water partition coefficient (Wildman–Crippen LogP) is 3.84. The van der Waals surface area contributed by atoms with Crippen molar-refractivity contribution < 1.29 is 28.2 Å². The maximum atomic E-state index is 13.9. The van der Waals surface area contributed by atoms with Gasteiger partial charge in [-0.15, -0.1) is 0 Å². The molecule has 1 saturated heterocycles. The van der Waals surface area contributed by atoms with Crippen LogP contribution < -0.4 is 9.47 Å². The molecule has 0 bridgehead atoms. The van der Waals surface area contributed by atoms with Gasteiger partial charge >= 0.3 is 5.97 Å². The van der Waals surface area contributed by atoms with Crippen molar-refractivity contribution >= 4 is 11.9 Å². The Morgan fingerprint density at radius 3 is 2.56 bits per heavy atom. The number of likely N-dealkylation sites (tertiary alicyclic amines) is 1. The Kier molecular flexibility index (Phi) is 8.03. The quantitative estimate of drug-likeness (QED) is 0.580. The van der Waals surface area contributed by atoms with Crippen LogP contribution in [-0.4, -0.2) is 43.1 Å². The van der Waals surface area contributed by atoms with Crippen LogP contribution in [0, 0.1) is 17.1 Å². The van der Waals surface area contributed by atoms with Crippen molar-refractivity contribution in [3.8, 4) is 17.6 Å². The predicted molar refractivity (Wildman–Crippen MR) is 114 cm³/mol. The summed E-state index contributed by atoms with van der Waals surface area (Å²) in [5.74, 6) is -0.664. The van der Waals surface area contributed by atoms with Gasteiger partial charge in [0, 0.05) is 18.7 Å². The molecule has 0 saturated carbocycles. The normalized spacial score (nSPS) is 13.2. The second-order valence-corrected chi connectivity index (χ2v) is 7.32. The lowest BCUT2D eigenvalue weighted by Gasteiger charge is -2.26. The molecular formula is C24H25FN2O5. The van der Waals surface area contributed by atoms with E-state index in [-0.39, 0.29) is 35.8 Å². The average Bonchev–Trinajstić information content (AvgIpc) is 2.83. The molecular weight excluding hydrogens is 415 g/mol. The lowest BCUT2D eigenvalue weighted by molar-refractivity contribution is -0.134. The van der Waals surface area contributed by atoms with Crippen LogP contribution in [0.1, 0.15) is 47.7 Å². The summed E-state index contributed by atoms with van der Waals surface area (Å²) in [7, 11) is 0. The van der Waals surface area contributed by atoms with Crippen molar-refractivity contribution in [2.24, 2.45) is 0 Å². The van der Waals surface area contributed by atoms with Gasteiger partial charge in [0.2, 0.25) is 0 Å². The molecule has 0 atom stereocenters. The summed E-state index contributed by atoms with van der Waals surface area (Å²) >= 11 is 0. The summed E-state index contributed by atoms with van der Waals surface area (Å²) in [6, 6.07) is 10.3. The van der Waals surface area contributed by atoms with Gasteiger partial charge in [-0.25, -0.2) is 9.18 Å². The van der Waals surface area contributed by atoms with Crippen LogP contribution in [-0.2, 0) is 16.1 Å². The van der Waals surface area contributed by atoms with Gasteiger partial charge in [-0.05, 0) is 62.6 Å². The Morgan fingerprint density at radius 2 is 1.84 bits per heavy atom. The summed E-state index contributed by atoms with van der Waals surface area (Å²) < 4.78 is 30.3. The number of halogens is 1. The lowest BCUT2D eigenvalue weighted by Crippen LogP contribution is -2.38. The molecule has 0 radical (unpaired) electrons. The maximum absolute atomic E-state index is 13.9. The highest BCUT2D eigenvalue weighted by Gasteiger charge is 2.19. The number of piperidine rings is 1. The number of carbonyl (C=O) groups is 2. The topological polar surface area (TPSA) is 88.9 Å². The first-order chi connectivity index (χ1) is 15.5. The van der Waals surface area contributed by atoms with Gasteiger partial charge < -0.3 is 19.1 Å². The molecule has 3 rings (SSSR count). The van der Waals surface area contributed by atoms with Gasteiger partial charge in [0.1, 0.15) is 12.4 Å². The Morgan fingerprint density at radius 1 is 1.06 bits per heavy atom. The van der Waals surface area contributed by atoms with Crippen LogP contribution in [0.25, 0.3) is 0 Å². The van der Waals surface area contributed by atoms with Crippen LogP contribution >= 0.6 is 0 Å². The molecule has 1 aliphatic heterocycles. The number of benzene rings is 2. The molecule has 0 aromatic heterocycles. The van der Waals surface area contributed by atoms with Crippen molar-refractivity contribution in [2.45, 2.75) is 32.8 Å². The van der Waals surface area contributed by atoms with Crippen molar-refractivity contribution in [2.75, 3.05) is 26.3 Å². The molecule has 0 spiro atoms. The van der Waals surface area contributed by atoms with Crippen LogP contribution in [0.5, 0.6) is 11.5 Å². The van der Waals surface area contributed by atoms with E-state index in [0.29, 0.717) is 18.1 Å². The monoisotopic (exact) mass is 440 g/mol. The van der Waals surface area contributed by atoms with Crippen molar-refractivity contribution in [1.29, 1.82) is 5.26 Å². The molecule has 1 fully saturated rings. The molecule has 0 aliphatic carbocycles. The molecule has 168 valence electrons. The number of amides is 1. The number of nitrogens with zero attached hydrogens (tertiary/aromatic N) is 2. The molecule has 1 aliphatic rings. The van der Waals surface area contributed by atoms with Crippen LogP contribution in [0.2, 0.25) is 0 Å². The Balaban J connectivity index is 1.64. The molecule has 1 heterocycles. The largest absolute Gasteiger partial charge is 0.490 e. The number of carbonyl (C=O) groups excluding carboxylic acids is 2. The van der Waals surface area contributed by atoms with E-state index < -0.39 is 11.8 Å². The summed E-state index contributed by atoms with van der Waals surface area (Å²) in [5, 5.41) is 8.94. The zero-order valence-corrected chi connectivity index (χ0v) is 17.9. The maximum Gasteiger partial charge on any atom is 0.338 e. The minimum absolute atomic E-state index is 0.0859. The molecule has 2 aromatic carbocycles. The summed E-state index contributed by atoms with van der Waals surface area (Å²) in [6.45, 7) is 3.18. The smallest absolute Gasteiger partial charge is 0.338 e. The molecule has 1 amide bonds. The first-order valence-corrected chi connectivity index (χ1v) is 10.5. The molecule has 0 N–H and O–H groups in total. The number of rotatable bonds is 8. The lowest BCUT2D eigenvalue weighted by atomic mass is 10.1. The van der Waals surface area contributed by atoms with E-state index in [1.807, 2.05) is 6.07 Å². The van der Waals surface area contributed by atoms with Gasteiger partial charge in [0.05, 0.1) is 23.8 Å². The van der Waals surface area contributed by atoms with Gasteiger partial charge in [0.25, 0.3) is 5.91 Å². The van der Waals surface area contributed by atoms with E-state index in [2.05, 4.69) is 0 Å². The first kappa shape index (κ1) is 23.1. The van der Waals surface area contributed by atoms with Gasteiger partial charge in [0.15, 0.2) is 18.1 Å². The Labute approximate surface area is 186 Å². The fraction of sp³-hybridized carbons (Fsp3) is 0.375. The van der Waals surface area contributed by atoms with Crippen LogP contribution in [0.3, 0.4) is 0 Å². The van der Waals surface area contributed by atoms with Crippen LogP contribution in [0.4, 0.5) is 4.39 Å². The second kappa shape index (κ2) is 11.1. The fourth-order valence-electron chi connectivity index (χ4n) is 3.38. The number of esters is 1. The minimum atomic E-state index is -0.677. The van der Waals surface area contributed by atoms with E-state index in [1.54, 1.807) is 17.9 Å². The molecule has 32 heavy (non-hydrogen) atoms. The number of nitriles is 1. The van der Waals surface area contributed by atoms with Crippen molar-refractivity contribution in [3.63, 3.8) is 0 Å². The third kappa shape index (κ3) is 5.97. The van der Waals surface area contributed by atoms with E-state index in [1.165, 1.54) is 24.3 Å². The Hall–Kier alpha value is -3.60.